The molecule has 0 saturated carbocycles. The standard InChI is InChI=1S/C11H12BrN5OS/c1-6-16-8(5-19-6)4-15-11(18)9-2-7(12)3-14-10(9)17-13/h2-3,5H,4,13H2,1H3,(H,14,17)(H,15,18). The number of hydrogen-bond donors (Lipinski definition) is 3. The van der Waals surface area contributed by atoms with Gasteiger partial charge in [0, 0.05) is 16.0 Å². The van der Waals surface area contributed by atoms with Gasteiger partial charge >= 0.3 is 0 Å². The number of amides is 1. The van der Waals surface area contributed by atoms with Crippen LogP contribution in [-0.4, -0.2) is 15.9 Å². The van der Waals surface area contributed by atoms with Crippen LogP contribution in [0.25, 0.3) is 0 Å². The van der Waals surface area contributed by atoms with E-state index in [1.807, 2.05) is 12.3 Å². The van der Waals surface area contributed by atoms with Gasteiger partial charge in [-0.15, -0.1) is 11.3 Å². The van der Waals surface area contributed by atoms with Crippen LogP contribution in [0.15, 0.2) is 22.1 Å². The predicted octanol–water partition coefficient (Wildman–Crippen LogP) is 1.82. The Morgan fingerprint density at radius 1 is 1.58 bits per heavy atom. The average Bonchev–Trinajstić information content (AvgIpc) is 2.81. The van der Waals surface area contributed by atoms with Crippen molar-refractivity contribution in [3.05, 3.63) is 38.4 Å². The second-order valence-electron chi connectivity index (χ2n) is 3.73. The number of nitrogens with one attached hydrogen (secondary N) is 2. The summed E-state index contributed by atoms with van der Waals surface area (Å²) >= 11 is 4.82. The summed E-state index contributed by atoms with van der Waals surface area (Å²) in [7, 11) is 0. The Hall–Kier alpha value is -1.51. The molecule has 0 aliphatic carbocycles. The molecule has 2 aromatic rings. The Kier molecular flexibility index (Phi) is 4.46. The molecule has 6 nitrogen and oxygen atoms in total. The average molecular weight is 342 g/mol. The summed E-state index contributed by atoms with van der Waals surface area (Å²) < 4.78 is 0.709. The number of nitrogens with two attached hydrogens (primary N) is 1. The van der Waals surface area contributed by atoms with Crippen molar-refractivity contribution < 1.29 is 4.79 Å². The van der Waals surface area contributed by atoms with Gasteiger partial charge in [-0.1, -0.05) is 0 Å². The van der Waals surface area contributed by atoms with E-state index in [1.165, 1.54) is 0 Å². The van der Waals surface area contributed by atoms with Gasteiger partial charge in [0.2, 0.25) is 0 Å². The topological polar surface area (TPSA) is 92.9 Å². The van der Waals surface area contributed by atoms with Crippen molar-refractivity contribution in [1.29, 1.82) is 0 Å². The van der Waals surface area contributed by atoms with Gasteiger partial charge < -0.3 is 10.7 Å². The molecule has 0 saturated heterocycles. The van der Waals surface area contributed by atoms with E-state index in [1.54, 1.807) is 23.6 Å². The van der Waals surface area contributed by atoms with Crippen LogP contribution in [0, 0.1) is 6.92 Å². The zero-order chi connectivity index (χ0) is 13.8. The lowest BCUT2D eigenvalue weighted by molar-refractivity contribution is 0.0951. The largest absolute Gasteiger partial charge is 0.346 e. The number of carbonyl (C=O) groups excluding carboxylic acids is 1. The number of nitrogen functional groups attached to an aromatic ring is 1. The van der Waals surface area contributed by atoms with Gasteiger partial charge in [0.15, 0.2) is 5.82 Å². The van der Waals surface area contributed by atoms with Crippen LogP contribution >= 0.6 is 27.3 Å². The fraction of sp³-hybridized carbons (Fsp3) is 0.182. The Morgan fingerprint density at radius 2 is 2.37 bits per heavy atom. The van der Waals surface area contributed by atoms with Crippen molar-refractivity contribution in [3.8, 4) is 0 Å². The van der Waals surface area contributed by atoms with Crippen molar-refractivity contribution in [2.24, 2.45) is 5.84 Å². The summed E-state index contributed by atoms with van der Waals surface area (Å²) in [6.07, 6.45) is 1.57. The lowest BCUT2D eigenvalue weighted by Gasteiger charge is -2.08. The van der Waals surface area contributed by atoms with E-state index in [-0.39, 0.29) is 5.91 Å². The highest BCUT2D eigenvalue weighted by atomic mass is 79.9. The van der Waals surface area contributed by atoms with Crippen molar-refractivity contribution in [2.45, 2.75) is 13.5 Å². The molecule has 2 aromatic heterocycles. The Bertz CT molecular complexity index is 601. The number of carbonyl (C=O) groups is 1. The first-order valence-electron chi connectivity index (χ1n) is 5.41. The number of pyridine rings is 1. The van der Waals surface area contributed by atoms with Gasteiger partial charge in [-0.05, 0) is 28.9 Å². The maximum absolute atomic E-state index is 12.1. The van der Waals surface area contributed by atoms with E-state index in [0.717, 1.165) is 10.7 Å². The Balaban J connectivity index is 2.09. The summed E-state index contributed by atoms with van der Waals surface area (Å²) in [6, 6.07) is 1.66. The van der Waals surface area contributed by atoms with Crippen molar-refractivity contribution >= 4 is 39.0 Å². The fourth-order valence-corrected chi connectivity index (χ4v) is 2.43. The summed E-state index contributed by atoms with van der Waals surface area (Å²) in [5, 5.41) is 5.66. The monoisotopic (exact) mass is 341 g/mol. The van der Waals surface area contributed by atoms with E-state index >= 15 is 0 Å². The summed E-state index contributed by atoms with van der Waals surface area (Å²) in [5.41, 5.74) is 3.61. The first kappa shape index (κ1) is 13.9. The van der Waals surface area contributed by atoms with Gasteiger partial charge in [-0.3, -0.25) is 4.79 Å². The number of thiazole rings is 1. The van der Waals surface area contributed by atoms with Gasteiger partial charge in [-0.2, -0.15) is 0 Å². The fourth-order valence-electron chi connectivity index (χ4n) is 1.48. The maximum atomic E-state index is 12.1. The molecule has 0 aliphatic rings. The smallest absolute Gasteiger partial charge is 0.255 e. The molecule has 0 aliphatic heterocycles. The first-order valence-corrected chi connectivity index (χ1v) is 7.09. The second kappa shape index (κ2) is 6.09. The van der Waals surface area contributed by atoms with Gasteiger partial charge in [0.1, 0.15) is 0 Å². The lowest BCUT2D eigenvalue weighted by Crippen LogP contribution is -2.25. The van der Waals surface area contributed by atoms with Crippen molar-refractivity contribution in [2.75, 3.05) is 5.43 Å². The molecule has 0 aromatic carbocycles. The molecule has 19 heavy (non-hydrogen) atoms. The highest BCUT2D eigenvalue weighted by molar-refractivity contribution is 9.10. The molecule has 8 heteroatoms. The number of hydrogen-bond acceptors (Lipinski definition) is 6. The van der Waals surface area contributed by atoms with Crippen LogP contribution in [0.2, 0.25) is 0 Å². The van der Waals surface area contributed by atoms with Crippen molar-refractivity contribution in [3.63, 3.8) is 0 Å². The molecular weight excluding hydrogens is 330 g/mol. The number of aryl methyl sites for hydroxylation is 1. The van der Waals surface area contributed by atoms with E-state index in [2.05, 4.69) is 36.6 Å². The second-order valence-corrected chi connectivity index (χ2v) is 5.71. The quantitative estimate of drug-likeness (QED) is 0.582. The van der Waals surface area contributed by atoms with Crippen LogP contribution in [0.3, 0.4) is 0 Å². The Labute approximate surface area is 122 Å². The lowest BCUT2D eigenvalue weighted by atomic mass is 10.2. The number of hydrazine groups is 1. The Morgan fingerprint density at radius 3 is 3.00 bits per heavy atom. The molecule has 0 radical (unpaired) electrons. The molecule has 100 valence electrons. The number of nitrogens with zero attached hydrogens (tertiary/aromatic N) is 2. The molecule has 0 atom stereocenters. The van der Waals surface area contributed by atoms with Crippen molar-refractivity contribution in [1.82, 2.24) is 15.3 Å². The van der Waals surface area contributed by atoms with Crippen LogP contribution in [-0.2, 0) is 6.54 Å². The third-order valence-corrected chi connectivity index (χ3v) is 3.59. The van der Waals surface area contributed by atoms with Crippen LogP contribution in [0.1, 0.15) is 21.1 Å². The molecule has 0 fully saturated rings. The summed E-state index contributed by atoms with van der Waals surface area (Å²) in [5.74, 6) is 5.40. The molecule has 1 amide bonds. The first-order chi connectivity index (χ1) is 9.10. The minimum atomic E-state index is -0.257. The third kappa shape index (κ3) is 3.49. The minimum absolute atomic E-state index is 0.257. The van der Waals surface area contributed by atoms with Crippen LogP contribution in [0.4, 0.5) is 5.82 Å². The SMILES string of the molecule is Cc1nc(CNC(=O)c2cc(Br)cnc2NN)cs1. The molecule has 0 unspecified atom stereocenters. The molecule has 0 bridgehead atoms. The highest BCUT2D eigenvalue weighted by Gasteiger charge is 2.13. The number of aromatic nitrogens is 2. The zero-order valence-corrected chi connectivity index (χ0v) is 12.5. The molecule has 2 heterocycles. The minimum Gasteiger partial charge on any atom is -0.346 e. The predicted molar refractivity (Wildman–Crippen MR) is 77.8 cm³/mol. The van der Waals surface area contributed by atoms with E-state index in [9.17, 15) is 4.79 Å². The highest BCUT2D eigenvalue weighted by Crippen LogP contribution is 2.17. The van der Waals surface area contributed by atoms with Gasteiger partial charge in [0.25, 0.3) is 5.91 Å². The number of rotatable bonds is 4. The number of anilines is 1. The van der Waals surface area contributed by atoms with E-state index in [0.29, 0.717) is 22.4 Å². The van der Waals surface area contributed by atoms with Gasteiger partial charge in [0.05, 0.1) is 22.8 Å². The van der Waals surface area contributed by atoms with Crippen LogP contribution < -0.4 is 16.6 Å². The maximum Gasteiger partial charge on any atom is 0.255 e. The van der Waals surface area contributed by atoms with Gasteiger partial charge in [-0.25, -0.2) is 15.8 Å². The number of halogens is 1. The third-order valence-electron chi connectivity index (χ3n) is 2.33. The normalized spacial score (nSPS) is 10.3. The van der Waals surface area contributed by atoms with E-state index in [4.69, 9.17) is 5.84 Å². The van der Waals surface area contributed by atoms with Crippen LogP contribution in [0.5, 0.6) is 0 Å². The summed E-state index contributed by atoms with van der Waals surface area (Å²) in [6.45, 7) is 2.30. The molecule has 0 spiro atoms. The molecule has 4 N–H and O–H groups in total. The summed E-state index contributed by atoms with van der Waals surface area (Å²) in [4.78, 5) is 20.4. The van der Waals surface area contributed by atoms with E-state index < -0.39 is 0 Å². The zero-order valence-electron chi connectivity index (χ0n) is 10.1. The molecular formula is C11H12BrN5OS. The molecule has 2 rings (SSSR count).